The first-order valence-electron chi connectivity index (χ1n) is 41.2. The predicted molar refractivity (Wildman–Crippen MR) is 503 cm³/mol. The number of pyridine rings is 4. The van der Waals surface area contributed by atoms with Gasteiger partial charge in [0.05, 0.1) is 88.6 Å². The molecule has 8 heterocycles. The van der Waals surface area contributed by atoms with Gasteiger partial charge in [-0.3, -0.25) is 38.8 Å². The third-order valence-electron chi connectivity index (χ3n) is 21.2. The van der Waals surface area contributed by atoms with Crippen molar-refractivity contribution in [3.05, 3.63) is 306 Å². The number of rotatable bonds is 19. The molecule has 8 aromatic carbocycles. The van der Waals surface area contributed by atoms with Crippen LogP contribution < -0.4 is 23.6 Å². The highest BCUT2D eigenvalue weighted by Gasteiger charge is 2.29. The average molecular weight is 1770 g/mol. The largest absolute Gasteiger partial charge is 0.494 e. The van der Waals surface area contributed by atoms with Crippen LogP contribution in [-0.2, 0) is 68.2 Å². The Balaban J connectivity index is 0.000000144. The highest BCUT2D eigenvalue weighted by atomic mass is 32.2. The van der Waals surface area contributed by atoms with Crippen molar-refractivity contribution >= 4 is 107 Å². The Morgan fingerprint density at radius 2 is 0.659 bits per heavy atom. The van der Waals surface area contributed by atoms with Gasteiger partial charge in [0, 0.05) is 70.6 Å². The normalized spacial score (nSPS) is 12.3. The lowest BCUT2D eigenvalue weighted by Gasteiger charge is -2.19. The van der Waals surface area contributed by atoms with Crippen molar-refractivity contribution in [3.63, 3.8) is 0 Å². The Hall–Kier alpha value is -13.0. The first-order valence-corrected chi connectivity index (χ1v) is 47.2. The summed E-state index contributed by atoms with van der Waals surface area (Å²) in [5.74, 6) is 2.19. The number of ether oxygens (including phenoxy) is 1. The van der Waals surface area contributed by atoms with E-state index >= 15 is 0 Å². The first kappa shape index (κ1) is 90.8. The monoisotopic (exact) mass is 1770 g/mol. The highest BCUT2D eigenvalue weighted by molar-refractivity contribution is 7.93. The molecule has 0 aliphatic carbocycles. The molecule has 0 spiro atoms. The number of methoxy groups -OCH3 is 1. The molecule has 25 nitrogen and oxygen atoms in total. The summed E-state index contributed by atoms with van der Waals surface area (Å²) in [6.45, 7) is 36.8. The minimum absolute atomic E-state index is 0.0488. The maximum Gasteiger partial charge on any atom is 0.263 e. The molecule has 4 N–H and O–H groups in total. The fourth-order valence-electron chi connectivity index (χ4n) is 14.2. The second-order valence-electron chi connectivity index (χ2n) is 35.2. The zero-order valence-corrected chi connectivity index (χ0v) is 77.5. The van der Waals surface area contributed by atoms with Crippen LogP contribution in [0.2, 0.25) is 0 Å². The number of aryl methyl sites for hydroxylation is 4. The molecule has 0 aliphatic rings. The SMILES string of the molecule is CC(C)c1cc(NS(=O)(=O)c2ccc(C(C)(C)C)cc2)n(-c2cccc3ncccc23)n1.CCc1cc(NS(=O)(=O)c2ccc(C(C)(C)C)cc2)n(-c2cccc3ncccc23)n1.COc1ccc2ncccc2c1-n1nc(C)cc1NS(=O)(=O)c1ccc(C(C)(C)C)cc1.Cc1cc(NS(=O)(=O)c2ccc(C(C)(C)C)cc2)n(-c2c(C)ccc3ncccc23)n1. The summed E-state index contributed by atoms with van der Waals surface area (Å²) in [5.41, 5.74) is 14.2. The van der Waals surface area contributed by atoms with Gasteiger partial charge < -0.3 is 4.74 Å². The van der Waals surface area contributed by atoms with Gasteiger partial charge in [-0.25, -0.2) is 52.4 Å². The Labute approximate surface area is 738 Å². The molecule has 0 saturated heterocycles. The van der Waals surface area contributed by atoms with Crippen LogP contribution in [-0.4, -0.2) is 99.8 Å². The summed E-state index contributed by atoms with van der Waals surface area (Å²) in [6, 6.07) is 69.2. The molecule has 652 valence electrons. The van der Waals surface area contributed by atoms with E-state index in [0.717, 1.165) is 99.9 Å². The van der Waals surface area contributed by atoms with Gasteiger partial charge in [-0.2, -0.15) is 20.4 Å². The number of anilines is 4. The van der Waals surface area contributed by atoms with Gasteiger partial charge >= 0.3 is 0 Å². The maximum atomic E-state index is 13.2. The number of fused-ring (bicyclic) bond motifs is 4. The van der Waals surface area contributed by atoms with Crippen molar-refractivity contribution in [2.24, 2.45) is 0 Å². The summed E-state index contributed by atoms with van der Waals surface area (Å²) < 4.78 is 128. The summed E-state index contributed by atoms with van der Waals surface area (Å²) in [4.78, 5) is 18.4. The molecule has 0 amide bonds. The number of hydrogen-bond donors (Lipinski definition) is 4. The third kappa shape index (κ3) is 20.4. The van der Waals surface area contributed by atoms with Crippen LogP contribution in [0.3, 0.4) is 0 Å². The van der Waals surface area contributed by atoms with Crippen molar-refractivity contribution in [2.75, 3.05) is 26.0 Å². The lowest BCUT2D eigenvalue weighted by Crippen LogP contribution is -2.17. The summed E-state index contributed by atoms with van der Waals surface area (Å²) >= 11 is 0. The van der Waals surface area contributed by atoms with E-state index in [2.05, 4.69) is 137 Å². The molecule has 0 unspecified atom stereocenters. The van der Waals surface area contributed by atoms with Gasteiger partial charge in [-0.15, -0.1) is 0 Å². The number of sulfonamides is 4. The van der Waals surface area contributed by atoms with Gasteiger partial charge in [0.25, 0.3) is 40.1 Å². The van der Waals surface area contributed by atoms with Crippen molar-refractivity contribution in [2.45, 2.75) is 178 Å². The zero-order valence-electron chi connectivity index (χ0n) is 74.2. The van der Waals surface area contributed by atoms with Gasteiger partial charge in [0.2, 0.25) is 0 Å². The molecule has 16 aromatic rings. The number of hydrogen-bond acceptors (Lipinski definition) is 17. The molecule has 8 aromatic heterocycles. The molecular formula is C97H106N16O9S4. The highest BCUT2D eigenvalue weighted by Crippen LogP contribution is 2.38. The summed E-state index contributed by atoms with van der Waals surface area (Å²) in [7, 11) is -13.6. The second kappa shape index (κ2) is 35.9. The van der Waals surface area contributed by atoms with Crippen LogP contribution in [0.15, 0.2) is 275 Å². The Bertz CT molecular complexity index is 7070. The fourth-order valence-corrected chi connectivity index (χ4v) is 18.3. The molecule has 0 fully saturated rings. The summed E-state index contributed by atoms with van der Waals surface area (Å²) in [6.07, 6.45) is 7.60. The maximum absolute atomic E-state index is 13.2. The van der Waals surface area contributed by atoms with Crippen LogP contribution in [0, 0.1) is 20.8 Å². The molecule has 126 heavy (non-hydrogen) atoms. The van der Waals surface area contributed by atoms with Crippen LogP contribution in [0.1, 0.15) is 160 Å². The van der Waals surface area contributed by atoms with Crippen LogP contribution in [0.5, 0.6) is 5.75 Å². The Kier molecular flexibility index (Phi) is 25.9. The van der Waals surface area contributed by atoms with Gasteiger partial charge in [0.1, 0.15) is 34.7 Å². The molecule has 0 radical (unpaired) electrons. The van der Waals surface area contributed by atoms with Crippen molar-refractivity contribution in [1.29, 1.82) is 0 Å². The third-order valence-corrected chi connectivity index (χ3v) is 26.7. The lowest BCUT2D eigenvalue weighted by atomic mass is 9.87. The van der Waals surface area contributed by atoms with E-state index in [-0.39, 0.29) is 47.2 Å². The van der Waals surface area contributed by atoms with E-state index in [0.29, 0.717) is 52.5 Å². The zero-order chi connectivity index (χ0) is 90.8. The second-order valence-corrected chi connectivity index (χ2v) is 41.9. The van der Waals surface area contributed by atoms with E-state index < -0.39 is 40.1 Å². The molecule has 0 atom stereocenters. The smallest absolute Gasteiger partial charge is 0.263 e. The number of nitrogens with zero attached hydrogens (tertiary/aromatic N) is 12. The molecule has 16 rings (SSSR count). The molecular weight excluding hydrogens is 1660 g/mol. The molecule has 0 bridgehead atoms. The van der Waals surface area contributed by atoms with E-state index in [1.54, 1.807) is 129 Å². The van der Waals surface area contributed by atoms with Crippen molar-refractivity contribution < 1.29 is 38.4 Å². The minimum atomic E-state index is -3.83. The van der Waals surface area contributed by atoms with E-state index in [1.807, 2.05) is 193 Å². The van der Waals surface area contributed by atoms with Gasteiger partial charge in [-0.1, -0.05) is 171 Å². The Morgan fingerprint density at radius 1 is 0.341 bits per heavy atom. The number of nitrogens with one attached hydrogen (secondary N) is 4. The average Bonchev–Trinajstić information content (AvgIpc) is 1.57. The Morgan fingerprint density at radius 3 is 1.01 bits per heavy atom. The minimum Gasteiger partial charge on any atom is -0.494 e. The molecule has 0 saturated carbocycles. The summed E-state index contributed by atoms with van der Waals surface area (Å²) in [5, 5.41) is 22.0. The van der Waals surface area contributed by atoms with Gasteiger partial charge in [-0.05, 0) is 222 Å². The van der Waals surface area contributed by atoms with Crippen molar-refractivity contribution in [3.8, 4) is 28.5 Å². The van der Waals surface area contributed by atoms with Crippen LogP contribution >= 0.6 is 0 Å². The first-order chi connectivity index (χ1) is 59.4. The molecule has 0 aliphatic heterocycles. The number of aromatic nitrogens is 12. The van der Waals surface area contributed by atoms with E-state index in [4.69, 9.17) is 9.84 Å². The topological polar surface area (TPSA) is 317 Å². The molecule has 29 heteroatoms. The quantitative estimate of drug-likeness (QED) is 0.0584. The van der Waals surface area contributed by atoms with E-state index in [1.165, 1.54) is 0 Å². The predicted octanol–water partition coefficient (Wildman–Crippen LogP) is 20.7. The van der Waals surface area contributed by atoms with Crippen LogP contribution in [0.4, 0.5) is 23.3 Å². The lowest BCUT2D eigenvalue weighted by molar-refractivity contribution is 0.412. The van der Waals surface area contributed by atoms with Crippen molar-refractivity contribution in [1.82, 2.24) is 59.1 Å². The van der Waals surface area contributed by atoms with Gasteiger partial charge in [0.15, 0.2) is 0 Å². The fraction of sp³-hybridized carbons (Fsp3) is 0.258. The number of benzene rings is 8. The standard InChI is InChI=1S/C25H28N4O2S.C24H26N4O3S.2C24H26N4O2S/c1-17(2)22-16-24(28-32(30,31)19-13-11-18(12-14-19)25(3,4)5)29(27-22)23-10-6-9-21-20(23)8-7-15-26-21;1-16-15-22(27-32(29,30)18-10-8-17(9-11-18)24(2,3)4)28(26-16)23-19-7-6-14-25-20(19)12-13-21(23)31-5;1-16-8-13-21-20(7-6-14-25-21)23(16)28-22(15-17(2)26-28)27-31(29,30)19-11-9-18(10-12-19)24(3,4)5;1-5-18-16-23(27-31(29,30)19-13-11-17(12-14-19)24(2,3)4)28(26-18)22-10-6-9-21-20(22)8-7-15-25-21/h6-17,28H,1-5H3;6-15,27H,1-5H3;6-15,27H,1-5H3;6-16,27H,5H2,1-4H3. The van der Waals surface area contributed by atoms with Crippen LogP contribution in [0.25, 0.3) is 66.4 Å². The van der Waals surface area contributed by atoms with E-state index in [9.17, 15) is 33.7 Å².